The molecule has 0 aromatic carbocycles. The number of rotatable bonds is 7. The molecule has 0 spiro atoms. The summed E-state index contributed by atoms with van der Waals surface area (Å²) >= 11 is 0. The van der Waals surface area contributed by atoms with Gasteiger partial charge in [0.05, 0.1) is 12.4 Å². The van der Waals surface area contributed by atoms with Gasteiger partial charge in [0, 0.05) is 25.9 Å². The molecule has 1 saturated heterocycles. The summed E-state index contributed by atoms with van der Waals surface area (Å²) in [6, 6.07) is 0. The lowest BCUT2D eigenvalue weighted by Gasteiger charge is -2.34. The van der Waals surface area contributed by atoms with Gasteiger partial charge in [-0.15, -0.1) is 0 Å². The average Bonchev–Trinajstić information content (AvgIpc) is 2.81. The van der Waals surface area contributed by atoms with Crippen molar-refractivity contribution in [2.24, 2.45) is 0 Å². The third kappa shape index (κ3) is 5.02. The quantitative estimate of drug-likeness (QED) is 0.617. The van der Waals surface area contributed by atoms with Crippen LogP contribution in [0.3, 0.4) is 0 Å². The zero-order chi connectivity index (χ0) is 18.8. The summed E-state index contributed by atoms with van der Waals surface area (Å²) in [5, 5.41) is 2.60. The highest BCUT2D eigenvalue weighted by atomic mass is 32.2. The molecule has 10 heteroatoms. The fourth-order valence-electron chi connectivity index (χ4n) is 2.78. The number of carbonyl (C=O) groups excluding carboxylic acids is 1. The third-order valence-electron chi connectivity index (χ3n) is 3.77. The zero-order valence-corrected chi connectivity index (χ0v) is 15.6. The van der Waals surface area contributed by atoms with Crippen molar-refractivity contribution in [1.82, 2.24) is 14.9 Å². The number of hydrogen-bond donors (Lipinski definition) is 2. The average molecular weight is 375 g/mol. The summed E-state index contributed by atoms with van der Waals surface area (Å²) in [7, 11) is -1.85. The number of sulfonamides is 1. The molecule has 0 bridgehead atoms. The third-order valence-corrected chi connectivity index (χ3v) is 4.46. The van der Waals surface area contributed by atoms with E-state index < -0.39 is 34.6 Å². The van der Waals surface area contributed by atoms with E-state index in [0.717, 1.165) is 6.26 Å². The molecule has 1 amide bonds. The smallest absolute Gasteiger partial charge is 0.250 e. The van der Waals surface area contributed by atoms with E-state index in [-0.39, 0.29) is 18.6 Å². The maximum Gasteiger partial charge on any atom is 0.250 e. The van der Waals surface area contributed by atoms with Gasteiger partial charge in [0.2, 0.25) is 10.0 Å². The second kappa shape index (κ2) is 7.83. The molecule has 0 aliphatic carbocycles. The van der Waals surface area contributed by atoms with Crippen LogP contribution in [0.2, 0.25) is 0 Å². The summed E-state index contributed by atoms with van der Waals surface area (Å²) in [6.07, 6.45) is 1.69. The fraction of sp³-hybridized carbons (Fsp3) is 0.667. The van der Waals surface area contributed by atoms with Crippen LogP contribution in [0.15, 0.2) is 24.7 Å². The Morgan fingerprint density at radius 3 is 2.64 bits per heavy atom. The number of nitrogens with one attached hydrogen (secondary N) is 2. The molecule has 1 fully saturated rings. The predicted molar refractivity (Wildman–Crippen MR) is 90.6 cm³/mol. The summed E-state index contributed by atoms with van der Waals surface area (Å²) in [5.41, 5.74) is 0. The summed E-state index contributed by atoms with van der Waals surface area (Å²) < 4.78 is 42.8. The molecular formula is C15H25N3O6S. The maximum absolute atomic E-state index is 11.4. The first-order valence-corrected chi connectivity index (χ1v) is 9.76. The highest BCUT2D eigenvalue weighted by Gasteiger charge is 2.49. The second-order valence-corrected chi connectivity index (χ2v) is 8.03. The Morgan fingerprint density at radius 1 is 1.44 bits per heavy atom. The highest BCUT2D eigenvalue weighted by Crippen LogP contribution is 2.31. The number of nitrogens with zero attached hydrogens (tertiary/aromatic N) is 1. The molecule has 0 aromatic heterocycles. The Hall–Kier alpha value is -1.46. The standard InChI is InChI=1S/C15H25N3O6S/c1-9(2)23-13-11(8-16-25(5,20)21)24-15(14(13)22-4)18-7-6-12(19)17-10(18)3/h6-7,9,11,13-16H,3,8H2,1-2,4-5H3,(H,17,19)/t11-,13-,14-,15-/m1/s1. The zero-order valence-electron chi connectivity index (χ0n) is 14.8. The summed E-state index contributed by atoms with van der Waals surface area (Å²) in [6.45, 7) is 7.61. The highest BCUT2D eigenvalue weighted by molar-refractivity contribution is 7.88. The molecule has 9 nitrogen and oxygen atoms in total. The van der Waals surface area contributed by atoms with Gasteiger partial charge in [0.25, 0.3) is 5.91 Å². The van der Waals surface area contributed by atoms with E-state index in [4.69, 9.17) is 14.2 Å². The van der Waals surface area contributed by atoms with Crippen LogP contribution in [0.1, 0.15) is 13.8 Å². The second-order valence-electron chi connectivity index (χ2n) is 6.19. The lowest BCUT2D eigenvalue weighted by molar-refractivity contribution is -0.118. The van der Waals surface area contributed by atoms with Gasteiger partial charge < -0.3 is 24.4 Å². The Morgan fingerprint density at radius 2 is 2.12 bits per heavy atom. The summed E-state index contributed by atoms with van der Waals surface area (Å²) in [4.78, 5) is 13.0. The largest absolute Gasteiger partial charge is 0.374 e. The van der Waals surface area contributed by atoms with Crippen LogP contribution in [0, 0.1) is 0 Å². The van der Waals surface area contributed by atoms with Gasteiger partial charge in [-0.05, 0) is 13.8 Å². The molecule has 0 radical (unpaired) electrons. The van der Waals surface area contributed by atoms with Crippen LogP contribution in [-0.4, -0.2) is 69.8 Å². The van der Waals surface area contributed by atoms with Gasteiger partial charge in [0.15, 0.2) is 6.23 Å². The van der Waals surface area contributed by atoms with E-state index >= 15 is 0 Å². The van der Waals surface area contributed by atoms with Crippen LogP contribution in [0.4, 0.5) is 0 Å². The molecule has 4 atom stereocenters. The van der Waals surface area contributed by atoms with Crippen LogP contribution < -0.4 is 10.0 Å². The van der Waals surface area contributed by atoms with Crippen molar-refractivity contribution < 1.29 is 27.4 Å². The van der Waals surface area contributed by atoms with Crippen molar-refractivity contribution in [3.63, 3.8) is 0 Å². The van der Waals surface area contributed by atoms with Gasteiger partial charge in [-0.25, -0.2) is 13.1 Å². The molecule has 0 aromatic rings. The Kier molecular flexibility index (Phi) is 6.22. The number of carbonyl (C=O) groups is 1. The molecule has 0 unspecified atom stereocenters. The Balaban J connectivity index is 2.24. The van der Waals surface area contributed by atoms with Crippen LogP contribution in [-0.2, 0) is 29.0 Å². The van der Waals surface area contributed by atoms with Gasteiger partial charge in [-0.2, -0.15) is 0 Å². The topological polar surface area (TPSA) is 106 Å². The molecular weight excluding hydrogens is 350 g/mol. The van der Waals surface area contributed by atoms with Gasteiger partial charge in [0.1, 0.15) is 24.1 Å². The van der Waals surface area contributed by atoms with Crippen molar-refractivity contribution >= 4 is 15.9 Å². The van der Waals surface area contributed by atoms with Gasteiger partial charge in [-0.1, -0.05) is 6.58 Å². The maximum atomic E-state index is 11.4. The van der Waals surface area contributed by atoms with Crippen molar-refractivity contribution in [3.05, 3.63) is 24.7 Å². The minimum atomic E-state index is -3.38. The number of hydrogen-bond acceptors (Lipinski definition) is 7. The lowest BCUT2D eigenvalue weighted by atomic mass is 10.1. The first kappa shape index (κ1) is 19.9. The molecule has 0 saturated carbocycles. The van der Waals surface area contributed by atoms with Crippen molar-refractivity contribution in [3.8, 4) is 0 Å². The fourth-order valence-corrected chi connectivity index (χ4v) is 3.25. The van der Waals surface area contributed by atoms with E-state index in [1.165, 1.54) is 13.2 Å². The molecule has 2 heterocycles. The number of ether oxygens (including phenoxy) is 3. The SMILES string of the molecule is C=C1NC(=O)C=CN1[C@@H]1O[C@H](CNS(C)(=O)=O)[C@@H](OC(C)C)[C@H]1OC. The van der Waals surface area contributed by atoms with Gasteiger partial charge in [-0.3, -0.25) is 4.79 Å². The normalized spacial score (nSPS) is 30.2. The van der Waals surface area contributed by atoms with E-state index in [9.17, 15) is 13.2 Å². The molecule has 25 heavy (non-hydrogen) atoms. The van der Waals surface area contributed by atoms with Crippen molar-refractivity contribution in [2.75, 3.05) is 19.9 Å². The monoisotopic (exact) mass is 375 g/mol. The molecule has 2 N–H and O–H groups in total. The van der Waals surface area contributed by atoms with Crippen molar-refractivity contribution in [1.29, 1.82) is 0 Å². The first-order valence-electron chi connectivity index (χ1n) is 7.87. The molecule has 2 rings (SSSR count). The molecule has 142 valence electrons. The number of methoxy groups -OCH3 is 1. The minimum absolute atomic E-state index is 0.0446. The van der Waals surface area contributed by atoms with E-state index in [2.05, 4.69) is 16.6 Å². The Bertz CT molecular complexity index is 648. The van der Waals surface area contributed by atoms with Crippen molar-refractivity contribution in [2.45, 2.75) is 44.5 Å². The first-order chi connectivity index (χ1) is 11.6. The van der Waals surface area contributed by atoms with E-state index in [0.29, 0.717) is 5.82 Å². The molecule has 2 aliphatic rings. The minimum Gasteiger partial charge on any atom is -0.374 e. The van der Waals surface area contributed by atoms with E-state index in [1.807, 2.05) is 13.8 Å². The molecule has 2 aliphatic heterocycles. The summed E-state index contributed by atoms with van der Waals surface area (Å²) in [5.74, 6) is 0.0676. The van der Waals surface area contributed by atoms with Crippen LogP contribution in [0.5, 0.6) is 0 Å². The Labute approximate surface area is 148 Å². The van der Waals surface area contributed by atoms with Gasteiger partial charge >= 0.3 is 0 Å². The van der Waals surface area contributed by atoms with E-state index in [1.54, 1.807) is 11.1 Å². The van der Waals surface area contributed by atoms with Crippen LogP contribution >= 0.6 is 0 Å². The number of amides is 1. The van der Waals surface area contributed by atoms with Crippen LogP contribution in [0.25, 0.3) is 0 Å². The lowest BCUT2D eigenvalue weighted by Crippen LogP contribution is -2.48. The predicted octanol–water partition coefficient (Wildman–Crippen LogP) is -0.514.